The fraction of sp³-hybridized carbons (Fsp3) is 0.923. The van der Waals surface area contributed by atoms with E-state index in [1.54, 1.807) is 0 Å². The molecule has 0 aromatic carbocycles. The third-order valence-electron chi connectivity index (χ3n) is 2.28. The van der Waals surface area contributed by atoms with Crippen molar-refractivity contribution in [3.05, 3.63) is 0 Å². The molecule has 96 valence electrons. The summed E-state index contributed by atoms with van der Waals surface area (Å²) in [4.78, 5) is 11.5. The van der Waals surface area contributed by atoms with Crippen molar-refractivity contribution in [3.8, 4) is 0 Å². The highest BCUT2D eigenvalue weighted by molar-refractivity contribution is 5.76. The maximum absolute atomic E-state index is 11.5. The van der Waals surface area contributed by atoms with E-state index in [-0.39, 0.29) is 12.0 Å². The lowest BCUT2D eigenvalue weighted by Gasteiger charge is -2.14. The molecule has 0 aliphatic carbocycles. The van der Waals surface area contributed by atoms with Crippen LogP contribution in [0, 0.1) is 11.8 Å². The molecule has 0 saturated heterocycles. The number of rotatable bonds is 8. The molecule has 0 aromatic rings. The van der Waals surface area contributed by atoms with Gasteiger partial charge in [0.1, 0.15) is 0 Å². The molecule has 0 bridgehead atoms. The SMILES string of the molecule is CC(C)CC(C)CC(=O)NCCOC(C)C. The van der Waals surface area contributed by atoms with Crippen LogP contribution in [0.2, 0.25) is 0 Å². The minimum absolute atomic E-state index is 0.139. The van der Waals surface area contributed by atoms with E-state index in [1.165, 1.54) is 0 Å². The molecule has 0 rings (SSSR count). The summed E-state index contributed by atoms with van der Waals surface area (Å²) in [6.45, 7) is 11.7. The zero-order valence-electron chi connectivity index (χ0n) is 11.4. The van der Waals surface area contributed by atoms with Gasteiger partial charge >= 0.3 is 0 Å². The first-order chi connectivity index (χ1) is 7.41. The number of nitrogens with one attached hydrogen (secondary N) is 1. The van der Waals surface area contributed by atoms with Gasteiger partial charge in [-0.2, -0.15) is 0 Å². The first-order valence-electron chi connectivity index (χ1n) is 6.30. The lowest BCUT2D eigenvalue weighted by Crippen LogP contribution is -2.29. The molecule has 1 unspecified atom stereocenters. The first-order valence-corrected chi connectivity index (χ1v) is 6.30. The Labute approximate surface area is 99.9 Å². The second kappa shape index (κ2) is 8.57. The molecule has 0 radical (unpaired) electrons. The number of hydrogen-bond donors (Lipinski definition) is 1. The van der Waals surface area contributed by atoms with Crippen molar-refractivity contribution >= 4 is 5.91 Å². The lowest BCUT2D eigenvalue weighted by atomic mass is 9.96. The zero-order valence-corrected chi connectivity index (χ0v) is 11.4. The summed E-state index contributed by atoms with van der Waals surface area (Å²) >= 11 is 0. The van der Waals surface area contributed by atoms with Crippen LogP contribution in [0.4, 0.5) is 0 Å². The fourth-order valence-electron chi connectivity index (χ4n) is 1.76. The molecule has 0 aliphatic rings. The van der Waals surface area contributed by atoms with Gasteiger partial charge in [0, 0.05) is 13.0 Å². The van der Waals surface area contributed by atoms with Gasteiger partial charge in [0.25, 0.3) is 0 Å². The molecular weight excluding hydrogens is 202 g/mol. The monoisotopic (exact) mass is 229 g/mol. The first kappa shape index (κ1) is 15.4. The predicted molar refractivity (Wildman–Crippen MR) is 67.3 cm³/mol. The standard InChI is InChI=1S/C13H27NO2/c1-10(2)8-12(5)9-13(15)14-6-7-16-11(3)4/h10-12H,6-9H2,1-5H3,(H,14,15). The lowest BCUT2D eigenvalue weighted by molar-refractivity contribution is -0.122. The average molecular weight is 229 g/mol. The Morgan fingerprint density at radius 2 is 1.81 bits per heavy atom. The van der Waals surface area contributed by atoms with Crippen molar-refractivity contribution in [3.63, 3.8) is 0 Å². The van der Waals surface area contributed by atoms with Crippen LogP contribution in [0.3, 0.4) is 0 Å². The van der Waals surface area contributed by atoms with Crippen LogP contribution in [-0.2, 0) is 9.53 Å². The Balaban J connectivity index is 3.51. The minimum Gasteiger partial charge on any atom is -0.377 e. The van der Waals surface area contributed by atoms with Crippen LogP contribution in [0.15, 0.2) is 0 Å². The molecule has 0 spiro atoms. The molecule has 0 aromatic heterocycles. The van der Waals surface area contributed by atoms with E-state index in [0.717, 1.165) is 6.42 Å². The van der Waals surface area contributed by atoms with Crippen molar-refractivity contribution < 1.29 is 9.53 Å². The number of amides is 1. The van der Waals surface area contributed by atoms with Gasteiger partial charge in [-0.25, -0.2) is 0 Å². The largest absolute Gasteiger partial charge is 0.377 e. The van der Waals surface area contributed by atoms with E-state index >= 15 is 0 Å². The topological polar surface area (TPSA) is 38.3 Å². The van der Waals surface area contributed by atoms with Gasteiger partial charge in [-0.3, -0.25) is 4.79 Å². The molecule has 1 atom stereocenters. The minimum atomic E-state index is 0.139. The fourth-order valence-corrected chi connectivity index (χ4v) is 1.76. The number of carbonyl (C=O) groups is 1. The van der Waals surface area contributed by atoms with Gasteiger partial charge in [-0.05, 0) is 32.1 Å². The van der Waals surface area contributed by atoms with E-state index < -0.39 is 0 Å². The highest BCUT2D eigenvalue weighted by atomic mass is 16.5. The molecule has 0 aliphatic heterocycles. The van der Waals surface area contributed by atoms with Gasteiger partial charge in [0.05, 0.1) is 12.7 Å². The quantitative estimate of drug-likeness (QED) is 0.650. The third kappa shape index (κ3) is 9.97. The predicted octanol–water partition coefficient (Wildman–Crippen LogP) is 2.60. The molecular formula is C13H27NO2. The Kier molecular flexibility index (Phi) is 8.26. The van der Waals surface area contributed by atoms with Crippen molar-refractivity contribution in [1.29, 1.82) is 0 Å². The Bertz CT molecular complexity index is 190. The van der Waals surface area contributed by atoms with Gasteiger partial charge in [0.2, 0.25) is 5.91 Å². The van der Waals surface area contributed by atoms with Crippen molar-refractivity contribution in [2.75, 3.05) is 13.2 Å². The van der Waals surface area contributed by atoms with Crippen LogP contribution >= 0.6 is 0 Å². The molecule has 3 heteroatoms. The van der Waals surface area contributed by atoms with Gasteiger partial charge < -0.3 is 10.1 Å². The Morgan fingerprint density at radius 1 is 1.19 bits per heavy atom. The van der Waals surface area contributed by atoms with Crippen LogP contribution < -0.4 is 5.32 Å². The summed E-state index contributed by atoms with van der Waals surface area (Å²) < 4.78 is 5.35. The van der Waals surface area contributed by atoms with Gasteiger partial charge in [-0.15, -0.1) is 0 Å². The van der Waals surface area contributed by atoms with Crippen LogP contribution in [-0.4, -0.2) is 25.2 Å². The molecule has 0 fully saturated rings. The molecule has 0 saturated carbocycles. The summed E-state index contributed by atoms with van der Waals surface area (Å²) in [5.74, 6) is 1.26. The summed E-state index contributed by atoms with van der Waals surface area (Å²) in [6, 6.07) is 0. The van der Waals surface area contributed by atoms with E-state index in [2.05, 4.69) is 26.1 Å². The van der Waals surface area contributed by atoms with Gasteiger partial charge in [-0.1, -0.05) is 20.8 Å². The van der Waals surface area contributed by atoms with E-state index in [0.29, 0.717) is 31.4 Å². The van der Waals surface area contributed by atoms with Crippen molar-refractivity contribution in [2.45, 2.75) is 53.6 Å². The maximum Gasteiger partial charge on any atom is 0.220 e. The van der Waals surface area contributed by atoms with Crippen LogP contribution in [0.1, 0.15) is 47.5 Å². The number of carbonyl (C=O) groups excluding carboxylic acids is 1. The van der Waals surface area contributed by atoms with Crippen LogP contribution in [0.25, 0.3) is 0 Å². The number of ether oxygens (including phenoxy) is 1. The molecule has 0 heterocycles. The molecule has 1 N–H and O–H groups in total. The summed E-state index contributed by atoms with van der Waals surface area (Å²) in [6.07, 6.45) is 1.97. The normalized spacial score (nSPS) is 13.2. The number of hydrogen-bond acceptors (Lipinski definition) is 2. The molecule has 16 heavy (non-hydrogen) atoms. The van der Waals surface area contributed by atoms with E-state index in [4.69, 9.17) is 4.74 Å². The highest BCUT2D eigenvalue weighted by Gasteiger charge is 2.10. The summed E-state index contributed by atoms with van der Waals surface area (Å²) in [5, 5.41) is 2.88. The third-order valence-corrected chi connectivity index (χ3v) is 2.28. The Morgan fingerprint density at radius 3 is 2.31 bits per heavy atom. The summed E-state index contributed by atoms with van der Waals surface area (Å²) in [7, 11) is 0. The zero-order chi connectivity index (χ0) is 12.6. The van der Waals surface area contributed by atoms with E-state index in [1.807, 2.05) is 13.8 Å². The van der Waals surface area contributed by atoms with Crippen molar-refractivity contribution in [2.24, 2.45) is 11.8 Å². The molecule has 1 amide bonds. The second-order valence-corrected chi connectivity index (χ2v) is 5.21. The molecule has 3 nitrogen and oxygen atoms in total. The second-order valence-electron chi connectivity index (χ2n) is 5.21. The van der Waals surface area contributed by atoms with E-state index in [9.17, 15) is 4.79 Å². The summed E-state index contributed by atoms with van der Waals surface area (Å²) in [5.41, 5.74) is 0. The Hall–Kier alpha value is -0.570. The smallest absolute Gasteiger partial charge is 0.220 e. The van der Waals surface area contributed by atoms with Crippen molar-refractivity contribution in [1.82, 2.24) is 5.32 Å². The highest BCUT2D eigenvalue weighted by Crippen LogP contribution is 2.13. The van der Waals surface area contributed by atoms with Crippen LogP contribution in [0.5, 0.6) is 0 Å². The van der Waals surface area contributed by atoms with Gasteiger partial charge in [0.15, 0.2) is 0 Å². The average Bonchev–Trinajstić information content (AvgIpc) is 2.10. The maximum atomic E-state index is 11.5.